The van der Waals surface area contributed by atoms with Gasteiger partial charge in [-0.2, -0.15) is 4.98 Å². The molecule has 2 N–H and O–H groups in total. The molecular weight excluding hydrogens is 685 g/mol. The molecule has 1 aliphatic rings. The largest absolute Gasteiger partial charge is 0.490 e. The average molecular weight is 718 g/mol. The Kier molecular flexibility index (Phi) is 10.1. The van der Waals surface area contributed by atoms with Gasteiger partial charge in [-0.25, -0.2) is 4.68 Å². The lowest BCUT2D eigenvalue weighted by atomic mass is 9.94. The number of hydrogen-bond acceptors (Lipinski definition) is 7. The van der Waals surface area contributed by atoms with Crippen LogP contribution in [0.2, 0.25) is 10.0 Å². The van der Waals surface area contributed by atoms with Crippen molar-refractivity contribution in [3.8, 4) is 11.5 Å². The molecule has 0 aliphatic carbocycles. The van der Waals surface area contributed by atoms with Gasteiger partial charge in [0.15, 0.2) is 11.5 Å². The molecule has 230 valence electrons. The van der Waals surface area contributed by atoms with E-state index in [1.54, 1.807) is 16.8 Å². The van der Waals surface area contributed by atoms with Crippen molar-refractivity contribution in [2.24, 2.45) is 0 Å². The number of nitrogens with zero attached hydrogens (tertiary/aromatic N) is 3. The zero-order chi connectivity index (χ0) is 31.5. The van der Waals surface area contributed by atoms with E-state index in [1.807, 2.05) is 71.0 Å². The zero-order valence-electron chi connectivity index (χ0n) is 24.9. The summed E-state index contributed by atoms with van der Waals surface area (Å²) in [5.41, 5.74) is 5.58. The highest BCUT2D eigenvalue weighted by Crippen LogP contribution is 2.44. The second kappa shape index (κ2) is 13.9. The molecule has 0 radical (unpaired) electrons. The van der Waals surface area contributed by atoms with Gasteiger partial charge in [-0.1, -0.05) is 60.1 Å². The van der Waals surface area contributed by atoms with Gasteiger partial charge >= 0.3 is 0 Å². The summed E-state index contributed by atoms with van der Waals surface area (Å²) in [6.07, 6.45) is 0. The van der Waals surface area contributed by atoms with Gasteiger partial charge in [-0.05, 0) is 96.4 Å². The maximum Gasteiger partial charge on any atom is 0.255 e. The molecule has 4 aromatic rings. The van der Waals surface area contributed by atoms with Crippen molar-refractivity contribution in [1.82, 2.24) is 14.8 Å². The van der Waals surface area contributed by atoms with Crippen molar-refractivity contribution in [2.45, 2.75) is 52.4 Å². The number of halogens is 3. The number of thioether (sulfide) groups is 1. The molecule has 12 heteroatoms. The number of allylic oxidation sites excluding steroid dienone is 1. The Morgan fingerprint density at radius 3 is 2.64 bits per heavy atom. The first kappa shape index (κ1) is 32.2. The Morgan fingerprint density at radius 1 is 1.11 bits per heavy atom. The van der Waals surface area contributed by atoms with E-state index in [1.165, 1.54) is 11.8 Å². The first-order valence-corrected chi connectivity index (χ1v) is 16.6. The van der Waals surface area contributed by atoms with E-state index in [0.29, 0.717) is 55.0 Å². The van der Waals surface area contributed by atoms with Crippen LogP contribution in [0.5, 0.6) is 11.5 Å². The number of ether oxygens (including phenoxy) is 2. The van der Waals surface area contributed by atoms with Crippen LogP contribution in [0.1, 0.15) is 49.1 Å². The van der Waals surface area contributed by atoms with Crippen LogP contribution in [0.4, 0.5) is 11.6 Å². The van der Waals surface area contributed by atoms with Crippen LogP contribution in [0.3, 0.4) is 0 Å². The molecule has 0 saturated heterocycles. The molecule has 0 saturated carbocycles. The van der Waals surface area contributed by atoms with Gasteiger partial charge in [0.25, 0.3) is 5.91 Å². The molecule has 3 aromatic carbocycles. The number of aromatic nitrogens is 3. The smallest absolute Gasteiger partial charge is 0.255 e. The van der Waals surface area contributed by atoms with Crippen molar-refractivity contribution in [1.29, 1.82) is 0 Å². The molecule has 0 spiro atoms. The van der Waals surface area contributed by atoms with Crippen LogP contribution in [-0.4, -0.2) is 33.0 Å². The summed E-state index contributed by atoms with van der Waals surface area (Å²) in [5, 5.41) is 12.9. The van der Waals surface area contributed by atoms with Crippen molar-refractivity contribution < 1.29 is 14.3 Å². The molecule has 8 nitrogen and oxygen atoms in total. The summed E-state index contributed by atoms with van der Waals surface area (Å²) in [4.78, 5) is 18.8. The summed E-state index contributed by atoms with van der Waals surface area (Å²) in [7, 11) is 0. The molecule has 0 fully saturated rings. The lowest BCUT2D eigenvalue weighted by Gasteiger charge is -2.29. The van der Waals surface area contributed by atoms with Gasteiger partial charge in [0.05, 0.1) is 16.7 Å². The molecule has 5 rings (SSSR count). The van der Waals surface area contributed by atoms with Crippen LogP contribution >= 0.6 is 50.9 Å². The van der Waals surface area contributed by atoms with Crippen molar-refractivity contribution in [2.75, 3.05) is 23.0 Å². The van der Waals surface area contributed by atoms with Crippen LogP contribution in [0, 0.1) is 13.8 Å². The minimum absolute atomic E-state index is 0.203. The third-order valence-electron chi connectivity index (χ3n) is 7.24. The monoisotopic (exact) mass is 715 g/mol. The fraction of sp³-hybridized carbons (Fsp3) is 0.281. The molecule has 1 amide bonds. The Balaban J connectivity index is 1.58. The molecule has 1 atom stereocenters. The summed E-state index contributed by atoms with van der Waals surface area (Å²) >= 11 is 17.7. The Bertz CT molecular complexity index is 1760. The normalized spacial score (nSPS) is 14.2. The van der Waals surface area contributed by atoms with Gasteiger partial charge in [-0.3, -0.25) is 4.79 Å². The zero-order valence-corrected chi connectivity index (χ0v) is 28.8. The van der Waals surface area contributed by atoms with Crippen LogP contribution in [0.25, 0.3) is 0 Å². The van der Waals surface area contributed by atoms with E-state index >= 15 is 0 Å². The number of carbonyl (C=O) groups excluding carboxylic acids is 1. The maximum atomic E-state index is 14.1. The fourth-order valence-corrected chi connectivity index (χ4v) is 6.53. The SMILES string of the molecule is CCOc1cc(C2C(C(=O)Nc3cccc(C)c3C)=C(C)Nc3nc(SCC)nn32)cc(Br)c1OCc1ccc(Cl)cc1Cl. The molecule has 1 unspecified atom stereocenters. The summed E-state index contributed by atoms with van der Waals surface area (Å²) in [6.45, 7) is 10.4. The second-order valence-corrected chi connectivity index (χ2v) is 13.1. The van der Waals surface area contributed by atoms with E-state index in [9.17, 15) is 4.79 Å². The average Bonchev–Trinajstić information content (AvgIpc) is 3.37. The summed E-state index contributed by atoms with van der Waals surface area (Å²) in [5.74, 6) is 2.14. The van der Waals surface area contributed by atoms with Crippen molar-refractivity contribution in [3.05, 3.63) is 96.6 Å². The quantitative estimate of drug-likeness (QED) is 0.158. The number of anilines is 2. The molecule has 0 bridgehead atoms. The third kappa shape index (κ3) is 6.73. The van der Waals surface area contributed by atoms with Gasteiger partial charge in [0.1, 0.15) is 12.6 Å². The predicted octanol–water partition coefficient (Wildman–Crippen LogP) is 8.98. The van der Waals surface area contributed by atoms with E-state index in [4.69, 9.17) is 42.8 Å². The highest BCUT2D eigenvalue weighted by atomic mass is 79.9. The first-order valence-electron chi connectivity index (χ1n) is 14.1. The number of aryl methyl sites for hydroxylation is 1. The predicted molar refractivity (Wildman–Crippen MR) is 182 cm³/mol. The van der Waals surface area contributed by atoms with Crippen molar-refractivity contribution in [3.63, 3.8) is 0 Å². The Hall–Kier alpha value is -3.18. The third-order valence-corrected chi connectivity index (χ3v) is 9.13. The summed E-state index contributed by atoms with van der Waals surface area (Å²) in [6, 6.07) is 14.3. The fourth-order valence-electron chi connectivity index (χ4n) is 4.94. The maximum absolute atomic E-state index is 14.1. The molecule has 2 heterocycles. The lowest BCUT2D eigenvalue weighted by Crippen LogP contribution is -2.31. The Labute approximate surface area is 279 Å². The molecule has 1 aromatic heterocycles. The number of fused-ring (bicyclic) bond motifs is 1. The van der Waals surface area contributed by atoms with Crippen molar-refractivity contribution >= 4 is 68.4 Å². The first-order chi connectivity index (χ1) is 21.1. The molecular formula is C32H32BrCl2N5O3S. The number of hydrogen-bond donors (Lipinski definition) is 2. The number of carbonyl (C=O) groups is 1. The highest BCUT2D eigenvalue weighted by Gasteiger charge is 2.35. The topological polar surface area (TPSA) is 90.3 Å². The minimum atomic E-state index is -0.606. The Morgan fingerprint density at radius 2 is 1.91 bits per heavy atom. The molecule has 1 aliphatic heterocycles. The highest BCUT2D eigenvalue weighted by molar-refractivity contribution is 9.10. The van der Waals surface area contributed by atoms with E-state index < -0.39 is 6.04 Å². The van der Waals surface area contributed by atoms with E-state index in [0.717, 1.165) is 33.7 Å². The number of rotatable bonds is 10. The van der Waals surface area contributed by atoms with Gasteiger partial charge in [0, 0.05) is 27.0 Å². The number of amides is 1. The van der Waals surface area contributed by atoms with Gasteiger partial charge in [0.2, 0.25) is 11.1 Å². The minimum Gasteiger partial charge on any atom is -0.490 e. The van der Waals surface area contributed by atoms with Gasteiger partial charge in [-0.15, -0.1) is 5.10 Å². The standard InChI is InChI=1S/C32H32BrCl2N5O3S/c1-6-42-26-14-21(13-23(33)29(26)43-16-20-11-12-22(34)15-24(20)35)28-27(30(41)37-25-10-8-9-17(3)18(25)4)19(5)36-31-38-32(44-7-2)39-40(28)31/h8-15,28H,6-7,16H2,1-5H3,(H,37,41)(H,36,38,39). The van der Waals surface area contributed by atoms with E-state index in [-0.39, 0.29) is 12.5 Å². The second-order valence-electron chi connectivity index (χ2n) is 10.2. The van der Waals surface area contributed by atoms with Crippen LogP contribution in [0.15, 0.2) is 69.4 Å². The lowest BCUT2D eigenvalue weighted by molar-refractivity contribution is -0.113. The number of nitrogens with one attached hydrogen (secondary N) is 2. The van der Waals surface area contributed by atoms with Crippen LogP contribution in [-0.2, 0) is 11.4 Å². The molecule has 44 heavy (non-hydrogen) atoms. The van der Waals surface area contributed by atoms with Crippen LogP contribution < -0.4 is 20.1 Å². The van der Waals surface area contributed by atoms with Gasteiger partial charge < -0.3 is 20.1 Å². The number of benzene rings is 3. The summed E-state index contributed by atoms with van der Waals surface area (Å²) < 4.78 is 14.7. The van der Waals surface area contributed by atoms with E-state index in [2.05, 4.69) is 26.6 Å².